The van der Waals surface area contributed by atoms with Gasteiger partial charge in [0.15, 0.2) is 5.65 Å². The third-order valence-corrected chi connectivity index (χ3v) is 4.88. The molecule has 0 aliphatic carbocycles. The Labute approximate surface area is 162 Å². The fourth-order valence-corrected chi connectivity index (χ4v) is 3.43. The highest BCUT2D eigenvalue weighted by atomic mass is 32.1. The number of anilines is 1. The minimum absolute atomic E-state index is 0.181. The molecule has 0 spiro atoms. The minimum Gasteiger partial charge on any atom is -0.306 e. The Balaban J connectivity index is 1.73. The highest BCUT2D eigenvalue weighted by Crippen LogP contribution is 2.19. The van der Waals surface area contributed by atoms with Crippen molar-refractivity contribution in [1.29, 1.82) is 0 Å². The molecule has 0 fully saturated rings. The lowest BCUT2D eigenvalue weighted by Crippen LogP contribution is -2.19. The molecular formula is C16H17N9O2S. The standard InChI is InChI=1S/C16H17N9O2S/c1-4-5-10-12(28-23-21-10)15(27)18-11-6-8(2)22-25(11)16-19-13-9(14(26)20-16)7-17-24(13)3/h6-7H,4-5H2,1-3H3,(H,18,27)(H,19,20,26). The van der Waals surface area contributed by atoms with Gasteiger partial charge < -0.3 is 5.32 Å². The fraction of sp³-hybridized carbons (Fsp3) is 0.312. The summed E-state index contributed by atoms with van der Waals surface area (Å²) in [4.78, 5) is 32.6. The van der Waals surface area contributed by atoms with Crippen LogP contribution in [0, 0.1) is 6.92 Å². The van der Waals surface area contributed by atoms with Crippen LogP contribution >= 0.6 is 11.5 Å². The Morgan fingerprint density at radius 2 is 2.21 bits per heavy atom. The Bertz CT molecular complexity index is 1230. The Kier molecular flexibility index (Phi) is 4.47. The van der Waals surface area contributed by atoms with Crippen molar-refractivity contribution in [3.05, 3.63) is 38.9 Å². The van der Waals surface area contributed by atoms with E-state index in [1.165, 1.54) is 15.6 Å². The van der Waals surface area contributed by atoms with E-state index in [1.807, 2.05) is 6.92 Å². The molecule has 4 aromatic heterocycles. The summed E-state index contributed by atoms with van der Waals surface area (Å²) < 4.78 is 6.76. The summed E-state index contributed by atoms with van der Waals surface area (Å²) >= 11 is 1.04. The van der Waals surface area contributed by atoms with Gasteiger partial charge in [-0.1, -0.05) is 17.8 Å². The molecule has 0 unspecified atom stereocenters. The van der Waals surface area contributed by atoms with Crippen molar-refractivity contribution in [2.45, 2.75) is 26.7 Å². The van der Waals surface area contributed by atoms with Crippen molar-refractivity contribution in [2.24, 2.45) is 7.05 Å². The summed E-state index contributed by atoms with van der Waals surface area (Å²) in [6.07, 6.45) is 2.98. The number of carbonyl (C=O) groups excluding carboxylic acids is 1. The number of nitrogens with one attached hydrogen (secondary N) is 2. The largest absolute Gasteiger partial charge is 0.306 e. The third-order valence-electron chi connectivity index (χ3n) is 4.11. The number of amides is 1. The predicted octanol–water partition coefficient (Wildman–Crippen LogP) is 1.21. The van der Waals surface area contributed by atoms with E-state index in [0.29, 0.717) is 39.5 Å². The number of hydrogen-bond donors (Lipinski definition) is 2. The summed E-state index contributed by atoms with van der Waals surface area (Å²) in [5.74, 6) is 0.229. The lowest BCUT2D eigenvalue weighted by molar-refractivity contribution is 0.102. The summed E-state index contributed by atoms with van der Waals surface area (Å²) in [7, 11) is 1.70. The lowest BCUT2D eigenvalue weighted by Gasteiger charge is -2.08. The molecule has 28 heavy (non-hydrogen) atoms. The smallest absolute Gasteiger partial charge is 0.270 e. The van der Waals surface area contributed by atoms with E-state index in [0.717, 1.165) is 18.0 Å². The van der Waals surface area contributed by atoms with Crippen LogP contribution in [0.2, 0.25) is 0 Å². The van der Waals surface area contributed by atoms with Crippen molar-refractivity contribution >= 4 is 34.3 Å². The van der Waals surface area contributed by atoms with Crippen molar-refractivity contribution in [3.8, 4) is 5.95 Å². The topological polar surface area (TPSA) is 136 Å². The van der Waals surface area contributed by atoms with Gasteiger partial charge in [0.05, 0.1) is 17.6 Å². The first-order chi connectivity index (χ1) is 13.5. The molecule has 12 heteroatoms. The number of carbonyl (C=O) groups is 1. The molecule has 11 nitrogen and oxygen atoms in total. The van der Waals surface area contributed by atoms with Crippen LogP contribution < -0.4 is 10.9 Å². The minimum atomic E-state index is -0.338. The quantitative estimate of drug-likeness (QED) is 0.514. The van der Waals surface area contributed by atoms with Crippen LogP contribution in [-0.4, -0.2) is 45.0 Å². The maximum absolute atomic E-state index is 12.7. The molecule has 2 N–H and O–H groups in total. The van der Waals surface area contributed by atoms with Gasteiger partial charge in [0.25, 0.3) is 11.5 Å². The molecule has 4 aromatic rings. The van der Waals surface area contributed by atoms with E-state index in [-0.39, 0.29) is 17.4 Å². The molecule has 0 radical (unpaired) electrons. The van der Waals surface area contributed by atoms with Crippen molar-refractivity contribution in [3.63, 3.8) is 0 Å². The fourth-order valence-electron chi connectivity index (χ4n) is 2.83. The van der Waals surface area contributed by atoms with Gasteiger partial charge >= 0.3 is 0 Å². The van der Waals surface area contributed by atoms with Crippen LogP contribution in [0.5, 0.6) is 0 Å². The van der Waals surface area contributed by atoms with Gasteiger partial charge in [0.2, 0.25) is 5.95 Å². The SMILES string of the molecule is CCCc1nnsc1C(=O)Nc1cc(C)nn1-c1nc2c(cnn2C)c(=O)[nH]1. The van der Waals surface area contributed by atoms with Crippen molar-refractivity contribution < 1.29 is 4.79 Å². The molecule has 0 saturated carbocycles. The summed E-state index contributed by atoms with van der Waals surface area (Å²) in [6.45, 7) is 3.79. The van der Waals surface area contributed by atoms with Gasteiger partial charge in [-0.05, 0) is 24.9 Å². The zero-order valence-electron chi connectivity index (χ0n) is 15.4. The number of H-pyrrole nitrogens is 1. The van der Waals surface area contributed by atoms with Crippen molar-refractivity contribution in [1.82, 2.24) is 39.1 Å². The molecule has 4 heterocycles. The van der Waals surface area contributed by atoms with E-state index in [1.54, 1.807) is 20.0 Å². The van der Waals surface area contributed by atoms with Gasteiger partial charge in [-0.2, -0.15) is 19.9 Å². The number of nitrogens with zero attached hydrogens (tertiary/aromatic N) is 7. The number of fused-ring (bicyclic) bond motifs is 1. The zero-order chi connectivity index (χ0) is 19.8. The van der Waals surface area contributed by atoms with Crippen LogP contribution in [0.4, 0.5) is 5.82 Å². The summed E-state index contributed by atoms with van der Waals surface area (Å²) in [5, 5.41) is 15.6. The number of aromatic amines is 1. The third kappa shape index (κ3) is 3.07. The van der Waals surface area contributed by atoms with Crippen LogP contribution in [0.15, 0.2) is 17.1 Å². The first-order valence-corrected chi connectivity index (χ1v) is 9.37. The number of rotatable bonds is 5. The summed E-state index contributed by atoms with van der Waals surface area (Å²) in [5.41, 5.74) is 1.39. The first-order valence-electron chi connectivity index (χ1n) is 8.59. The van der Waals surface area contributed by atoms with Crippen LogP contribution in [-0.2, 0) is 13.5 Å². The molecule has 0 aliphatic rings. The van der Waals surface area contributed by atoms with Crippen LogP contribution in [0.1, 0.15) is 34.4 Å². The second kappa shape index (κ2) is 6.96. The molecule has 0 atom stereocenters. The monoisotopic (exact) mass is 399 g/mol. The van der Waals surface area contributed by atoms with Crippen LogP contribution in [0.25, 0.3) is 17.0 Å². The predicted molar refractivity (Wildman–Crippen MR) is 103 cm³/mol. The van der Waals surface area contributed by atoms with E-state index in [4.69, 9.17) is 0 Å². The molecule has 0 bridgehead atoms. The van der Waals surface area contributed by atoms with Gasteiger partial charge in [0, 0.05) is 13.1 Å². The maximum atomic E-state index is 12.7. The highest BCUT2D eigenvalue weighted by Gasteiger charge is 2.20. The molecule has 1 amide bonds. The first kappa shape index (κ1) is 18.0. The highest BCUT2D eigenvalue weighted by molar-refractivity contribution is 7.08. The van der Waals surface area contributed by atoms with E-state index in [9.17, 15) is 9.59 Å². The lowest BCUT2D eigenvalue weighted by atomic mass is 10.2. The normalized spacial score (nSPS) is 11.2. The van der Waals surface area contributed by atoms with Gasteiger partial charge in [-0.3, -0.25) is 19.3 Å². The molecule has 0 aliphatic heterocycles. The average molecular weight is 399 g/mol. The molecule has 144 valence electrons. The molecule has 0 aromatic carbocycles. The van der Waals surface area contributed by atoms with Crippen molar-refractivity contribution in [2.75, 3.05) is 5.32 Å². The van der Waals surface area contributed by atoms with Gasteiger partial charge in [0.1, 0.15) is 16.1 Å². The summed E-state index contributed by atoms with van der Waals surface area (Å²) in [6, 6.07) is 1.69. The van der Waals surface area contributed by atoms with Gasteiger partial charge in [-0.25, -0.2) is 0 Å². The Morgan fingerprint density at radius 3 is 3.00 bits per heavy atom. The maximum Gasteiger partial charge on any atom is 0.270 e. The van der Waals surface area contributed by atoms with Gasteiger partial charge in [-0.15, -0.1) is 5.10 Å². The number of aromatic nitrogens is 8. The second-order valence-electron chi connectivity index (χ2n) is 6.23. The average Bonchev–Trinajstić information content (AvgIpc) is 3.35. The van der Waals surface area contributed by atoms with E-state index < -0.39 is 0 Å². The molecule has 0 saturated heterocycles. The van der Waals surface area contributed by atoms with Crippen LogP contribution in [0.3, 0.4) is 0 Å². The van der Waals surface area contributed by atoms with E-state index in [2.05, 4.69) is 35.1 Å². The molecular weight excluding hydrogens is 382 g/mol. The number of hydrogen-bond acceptors (Lipinski definition) is 8. The zero-order valence-corrected chi connectivity index (χ0v) is 16.2. The molecule has 4 rings (SSSR count). The Hall–Kier alpha value is -3.41. The second-order valence-corrected chi connectivity index (χ2v) is 6.98. The van der Waals surface area contributed by atoms with E-state index >= 15 is 0 Å². The Morgan fingerprint density at radius 1 is 1.39 bits per heavy atom. The number of aryl methyl sites for hydroxylation is 3.